The summed E-state index contributed by atoms with van der Waals surface area (Å²) in [5, 5.41) is 3.16. The van der Waals surface area contributed by atoms with Gasteiger partial charge in [-0.3, -0.25) is 4.90 Å². The molecule has 1 atom stereocenters. The van der Waals surface area contributed by atoms with Crippen molar-refractivity contribution in [2.24, 2.45) is 0 Å². The molecule has 1 N–H and O–H groups in total. The van der Waals surface area contributed by atoms with Crippen LogP contribution in [0.15, 0.2) is 16.6 Å². The maximum Gasteiger partial charge on any atom is 0.390 e. The summed E-state index contributed by atoms with van der Waals surface area (Å²) in [6.45, 7) is 2.50. The van der Waals surface area contributed by atoms with Gasteiger partial charge in [0.2, 0.25) is 0 Å². The van der Waals surface area contributed by atoms with Gasteiger partial charge in [-0.05, 0) is 17.7 Å². The van der Waals surface area contributed by atoms with Crippen LogP contribution < -0.4 is 14.8 Å². The maximum atomic E-state index is 13.1. The first kappa shape index (κ1) is 21.3. The molecule has 0 saturated carbocycles. The molecule has 24 heavy (non-hydrogen) atoms. The van der Waals surface area contributed by atoms with Gasteiger partial charge in [-0.2, -0.15) is 13.2 Å². The lowest BCUT2D eigenvalue weighted by atomic mass is 10.00. The van der Waals surface area contributed by atoms with Crippen molar-refractivity contribution >= 4 is 28.3 Å². The molecule has 1 aromatic rings. The zero-order valence-corrected chi connectivity index (χ0v) is 15.9. The number of alkyl halides is 3. The maximum absolute atomic E-state index is 13.1. The summed E-state index contributed by atoms with van der Waals surface area (Å²) < 4.78 is 50.3. The molecular weight excluding hydrogens is 413 g/mol. The molecule has 1 saturated heterocycles. The third-order valence-corrected chi connectivity index (χ3v) is 4.57. The summed E-state index contributed by atoms with van der Waals surface area (Å²) in [7, 11) is 2.96. The monoisotopic (exact) mass is 432 g/mol. The number of nitrogens with zero attached hydrogens (tertiary/aromatic N) is 1. The summed E-state index contributed by atoms with van der Waals surface area (Å²) in [5.74, 6) is 0.905. The molecule has 1 aromatic carbocycles. The number of nitrogens with one attached hydrogen (secondary N) is 1. The Bertz CT molecular complexity index is 540. The molecule has 1 aliphatic heterocycles. The van der Waals surface area contributed by atoms with Crippen molar-refractivity contribution in [1.29, 1.82) is 0 Å². The Kier molecular flexibility index (Phi) is 8.11. The first-order chi connectivity index (χ1) is 10.9. The van der Waals surface area contributed by atoms with E-state index in [1.165, 1.54) is 14.2 Å². The summed E-state index contributed by atoms with van der Waals surface area (Å²) >= 11 is 3.38. The predicted octanol–water partition coefficient (Wildman–Crippen LogP) is 3.79. The smallest absolute Gasteiger partial charge is 0.390 e. The number of piperazine rings is 1. The first-order valence-corrected chi connectivity index (χ1v) is 8.08. The van der Waals surface area contributed by atoms with Crippen molar-refractivity contribution in [2.75, 3.05) is 40.4 Å². The highest BCUT2D eigenvalue weighted by atomic mass is 79.9. The van der Waals surface area contributed by atoms with Gasteiger partial charge >= 0.3 is 6.18 Å². The van der Waals surface area contributed by atoms with E-state index in [1.807, 2.05) is 4.90 Å². The van der Waals surface area contributed by atoms with Crippen LogP contribution in [0.3, 0.4) is 0 Å². The molecule has 0 radical (unpaired) electrons. The molecule has 0 bridgehead atoms. The fraction of sp³-hybridized carbons (Fsp3) is 0.600. The van der Waals surface area contributed by atoms with E-state index in [1.54, 1.807) is 12.1 Å². The fourth-order valence-electron chi connectivity index (χ4n) is 2.77. The van der Waals surface area contributed by atoms with Crippen molar-refractivity contribution < 1.29 is 22.6 Å². The molecule has 0 aromatic heterocycles. The Labute approximate surface area is 154 Å². The third-order valence-electron chi connectivity index (χ3n) is 3.88. The molecule has 2 rings (SSSR count). The number of rotatable bonds is 5. The van der Waals surface area contributed by atoms with Crippen molar-refractivity contribution in [3.63, 3.8) is 0 Å². The molecule has 0 spiro atoms. The van der Waals surface area contributed by atoms with Gasteiger partial charge in [0.05, 0.1) is 20.6 Å². The average molecular weight is 434 g/mol. The molecule has 0 aliphatic carbocycles. The molecule has 1 heterocycles. The lowest BCUT2D eigenvalue weighted by molar-refractivity contribution is -0.148. The SMILES string of the molecule is COc1cc(Br)c([C@H](CC(F)(F)F)N2CCNCC2)cc1OC.Cl. The van der Waals surface area contributed by atoms with Gasteiger partial charge in [0.1, 0.15) is 0 Å². The minimum atomic E-state index is -4.25. The van der Waals surface area contributed by atoms with Crippen molar-refractivity contribution in [1.82, 2.24) is 10.2 Å². The highest BCUT2D eigenvalue weighted by molar-refractivity contribution is 9.10. The van der Waals surface area contributed by atoms with Crippen molar-refractivity contribution in [2.45, 2.75) is 18.6 Å². The van der Waals surface area contributed by atoms with Gasteiger partial charge in [-0.1, -0.05) is 15.9 Å². The summed E-state index contributed by atoms with van der Waals surface area (Å²) in [5.41, 5.74) is 0.557. The number of hydrogen-bond acceptors (Lipinski definition) is 4. The number of benzene rings is 1. The van der Waals surface area contributed by atoms with Crippen LogP contribution in [-0.4, -0.2) is 51.5 Å². The number of methoxy groups -OCH3 is 2. The molecule has 1 aliphatic rings. The van der Waals surface area contributed by atoms with E-state index in [0.29, 0.717) is 47.7 Å². The van der Waals surface area contributed by atoms with E-state index in [9.17, 15) is 13.2 Å². The molecule has 9 heteroatoms. The lowest BCUT2D eigenvalue weighted by Crippen LogP contribution is -2.46. The van der Waals surface area contributed by atoms with Crippen LogP contribution in [0.2, 0.25) is 0 Å². The van der Waals surface area contributed by atoms with Crippen molar-refractivity contribution in [3.8, 4) is 11.5 Å². The minimum Gasteiger partial charge on any atom is -0.493 e. The Morgan fingerprint density at radius 1 is 1.17 bits per heavy atom. The zero-order chi connectivity index (χ0) is 17.0. The number of hydrogen-bond donors (Lipinski definition) is 1. The third kappa shape index (κ3) is 5.40. The highest BCUT2D eigenvalue weighted by Crippen LogP contribution is 2.41. The van der Waals surface area contributed by atoms with Crippen LogP contribution in [0.1, 0.15) is 18.0 Å². The van der Waals surface area contributed by atoms with Gasteiger partial charge in [0.25, 0.3) is 0 Å². The van der Waals surface area contributed by atoms with Gasteiger partial charge < -0.3 is 14.8 Å². The number of ether oxygens (including phenoxy) is 2. The second-order valence-electron chi connectivity index (χ2n) is 5.35. The van der Waals surface area contributed by atoms with Crippen molar-refractivity contribution in [3.05, 3.63) is 22.2 Å². The van der Waals surface area contributed by atoms with Gasteiger partial charge in [-0.25, -0.2) is 0 Å². The Balaban J connectivity index is 0.00000288. The van der Waals surface area contributed by atoms with E-state index >= 15 is 0 Å². The largest absolute Gasteiger partial charge is 0.493 e. The van der Waals surface area contributed by atoms with E-state index in [-0.39, 0.29) is 12.4 Å². The fourth-order valence-corrected chi connectivity index (χ4v) is 3.36. The summed E-state index contributed by atoms with van der Waals surface area (Å²) in [6.07, 6.45) is -5.15. The number of halogens is 5. The summed E-state index contributed by atoms with van der Waals surface area (Å²) in [4.78, 5) is 1.86. The zero-order valence-electron chi connectivity index (χ0n) is 13.5. The topological polar surface area (TPSA) is 33.7 Å². The van der Waals surface area contributed by atoms with Crippen LogP contribution in [0, 0.1) is 0 Å². The highest BCUT2D eigenvalue weighted by Gasteiger charge is 2.37. The Morgan fingerprint density at radius 2 is 1.71 bits per heavy atom. The van der Waals surface area contributed by atoms with E-state index in [2.05, 4.69) is 21.2 Å². The molecule has 0 amide bonds. The van der Waals surface area contributed by atoms with Crippen LogP contribution in [-0.2, 0) is 0 Å². The van der Waals surface area contributed by atoms with Crippen LogP contribution in [0.25, 0.3) is 0 Å². The van der Waals surface area contributed by atoms with E-state index in [4.69, 9.17) is 9.47 Å². The van der Waals surface area contributed by atoms with Gasteiger partial charge in [0, 0.05) is 36.7 Å². The molecule has 1 fully saturated rings. The Hall–Kier alpha value is -0.700. The quantitative estimate of drug-likeness (QED) is 0.766. The molecule has 0 unspecified atom stereocenters. The second kappa shape index (κ2) is 9.12. The standard InChI is InChI=1S/C15H20BrF3N2O2.ClH/c1-22-13-7-10(11(16)8-14(13)23-2)12(9-15(17,18)19)21-5-3-20-4-6-21;/h7-8,12,20H,3-6,9H2,1-2H3;1H/t12-;/m0./s1. The van der Waals surface area contributed by atoms with E-state index in [0.717, 1.165) is 0 Å². The summed E-state index contributed by atoms with van der Waals surface area (Å²) in [6, 6.07) is 2.52. The van der Waals surface area contributed by atoms with Gasteiger partial charge in [-0.15, -0.1) is 12.4 Å². The second-order valence-corrected chi connectivity index (χ2v) is 6.20. The average Bonchev–Trinajstić information content (AvgIpc) is 2.52. The Morgan fingerprint density at radius 3 is 2.21 bits per heavy atom. The minimum absolute atomic E-state index is 0. The first-order valence-electron chi connectivity index (χ1n) is 7.28. The van der Waals surface area contributed by atoms with E-state index < -0.39 is 18.6 Å². The van der Waals surface area contributed by atoms with Gasteiger partial charge in [0.15, 0.2) is 11.5 Å². The normalized spacial score (nSPS) is 17.1. The lowest BCUT2D eigenvalue weighted by Gasteiger charge is -2.36. The molecule has 138 valence electrons. The molecule has 4 nitrogen and oxygen atoms in total. The van der Waals surface area contributed by atoms with Crippen LogP contribution in [0.5, 0.6) is 11.5 Å². The van der Waals surface area contributed by atoms with Crippen LogP contribution in [0.4, 0.5) is 13.2 Å². The molecular formula is C15H21BrClF3N2O2. The van der Waals surface area contributed by atoms with Crippen LogP contribution >= 0.6 is 28.3 Å². The predicted molar refractivity (Wildman–Crippen MR) is 92.3 cm³/mol.